The van der Waals surface area contributed by atoms with Gasteiger partial charge < -0.3 is 15.4 Å². The van der Waals surface area contributed by atoms with E-state index in [1.807, 2.05) is 12.1 Å². The maximum Gasteiger partial charge on any atom is 0.266 e. The highest BCUT2D eigenvalue weighted by Gasteiger charge is 2.13. The highest BCUT2D eigenvalue weighted by molar-refractivity contribution is 9.10. The Hall–Kier alpha value is -3.96. The molecule has 0 radical (unpaired) electrons. The Bertz CT molecular complexity index is 1210. The van der Waals surface area contributed by atoms with Crippen molar-refractivity contribution < 1.29 is 18.7 Å². The third-order valence-electron chi connectivity index (χ3n) is 4.18. The Kier molecular flexibility index (Phi) is 7.73. The fraction of sp³-hybridized carbons (Fsp3) is 0.0417. The van der Waals surface area contributed by atoms with Gasteiger partial charge in [0.15, 0.2) is 6.61 Å². The number of carbonyl (C=O) groups excluding carboxylic acids is 2. The minimum atomic E-state index is -0.582. The van der Waals surface area contributed by atoms with Gasteiger partial charge in [-0.3, -0.25) is 9.59 Å². The molecule has 3 aromatic carbocycles. The van der Waals surface area contributed by atoms with Crippen LogP contribution in [0.1, 0.15) is 5.56 Å². The van der Waals surface area contributed by atoms with Crippen molar-refractivity contribution in [2.75, 3.05) is 17.2 Å². The van der Waals surface area contributed by atoms with Crippen LogP contribution in [-0.4, -0.2) is 18.4 Å². The van der Waals surface area contributed by atoms with Crippen LogP contribution in [0.2, 0.25) is 0 Å². The van der Waals surface area contributed by atoms with Crippen LogP contribution in [0.3, 0.4) is 0 Å². The number of benzene rings is 3. The molecule has 0 bridgehead atoms. The molecule has 0 aliphatic heterocycles. The van der Waals surface area contributed by atoms with E-state index in [1.165, 1.54) is 24.3 Å². The molecule has 0 saturated heterocycles. The molecule has 2 N–H and O–H groups in total. The Labute approximate surface area is 192 Å². The van der Waals surface area contributed by atoms with E-state index in [0.29, 0.717) is 15.7 Å². The van der Waals surface area contributed by atoms with E-state index >= 15 is 0 Å². The van der Waals surface area contributed by atoms with Crippen molar-refractivity contribution in [1.29, 1.82) is 5.26 Å². The molecule has 6 nitrogen and oxygen atoms in total. The summed E-state index contributed by atoms with van der Waals surface area (Å²) in [5, 5.41) is 14.5. The average molecular weight is 494 g/mol. The van der Waals surface area contributed by atoms with Gasteiger partial charge in [-0.15, -0.1) is 0 Å². The van der Waals surface area contributed by atoms with Gasteiger partial charge in [0.1, 0.15) is 23.2 Å². The van der Waals surface area contributed by atoms with E-state index in [2.05, 4.69) is 26.6 Å². The molecule has 0 unspecified atom stereocenters. The number of nitrogens with zero attached hydrogens (tertiary/aromatic N) is 1. The number of nitriles is 1. The van der Waals surface area contributed by atoms with Crippen molar-refractivity contribution in [2.45, 2.75) is 0 Å². The van der Waals surface area contributed by atoms with Gasteiger partial charge in [0.25, 0.3) is 11.8 Å². The Morgan fingerprint density at radius 2 is 1.75 bits per heavy atom. The van der Waals surface area contributed by atoms with Crippen LogP contribution in [0, 0.1) is 17.1 Å². The van der Waals surface area contributed by atoms with Gasteiger partial charge >= 0.3 is 0 Å². The molecule has 2 amide bonds. The quantitative estimate of drug-likeness (QED) is 0.351. The zero-order chi connectivity index (χ0) is 22.9. The summed E-state index contributed by atoms with van der Waals surface area (Å²) in [6.07, 6.45) is 1.37. The van der Waals surface area contributed by atoms with Crippen LogP contribution in [-0.2, 0) is 9.59 Å². The molecule has 32 heavy (non-hydrogen) atoms. The monoisotopic (exact) mass is 493 g/mol. The first-order valence-corrected chi connectivity index (χ1v) is 10.2. The summed E-state index contributed by atoms with van der Waals surface area (Å²) in [6, 6.07) is 21.3. The first-order valence-electron chi connectivity index (χ1n) is 9.41. The number of hydrogen-bond donors (Lipinski definition) is 2. The first-order chi connectivity index (χ1) is 15.5. The molecule has 3 aromatic rings. The second kappa shape index (κ2) is 10.9. The zero-order valence-corrected chi connectivity index (χ0v) is 18.2. The van der Waals surface area contributed by atoms with E-state index in [-0.39, 0.29) is 17.0 Å². The molecule has 8 heteroatoms. The summed E-state index contributed by atoms with van der Waals surface area (Å²) in [5.74, 6) is -1.43. The normalized spacial score (nSPS) is 10.7. The lowest BCUT2D eigenvalue weighted by Gasteiger charge is -2.11. The second-order valence-corrected chi connectivity index (χ2v) is 7.40. The van der Waals surface area contributed by atoms with Crippen LogP contribution in [0.4, 0.5) is 15.8 Å². The van der Waals surface area contributed by atoms with Gasteiger partial charge in [0.05, 0.1) is 5.69 Å². The van der Waals surface area contributed by atoms with Crippen LogP contribution >= 0.6 is 15.9 Å². The topological polar surface area (TPSA) is 91.2 Å². The van der Waals surface area contributed by atoms with E-state index in [4.69, 9.17) is 4.74 Å². The maximum absolute atomic E-state index is 13.7. The number of anilines is 2. The van der Waals surface area contributed by atoms with E-state index in [1.54, 1.807) is 48.5 Å². The number of ether oxygens (including phenoxy) is 1. The highest BCUT2D eigenvalue weighted by atomic mass is 79.9. The maximum atomic E-state index is 13.7. The zero-order valence-electron chi connectivity index (χ0n) is 16.6. The number of para-hydroxylation sites is 2. The fourth-order valence-electron chi connectivity index (χ4n) is 2.68. The molecule has 0 aliphatic rings. The van der Waals surface area contributed by atoms with Crippen molar-refractivity contribution in [3.63, 3.8) is 0 Å². The summed E-state index contributed by atoms with van der Waals surface area (Å²) in [4.78, 5) is 24.7. The van der Waals surface area contributed by atoms with Crippen LogP contribution in [0.25, 0.3) is 6.08 Å². The van der Waals surface area contributed by atoms with Crippen molar-refractivity contribution in [3.05, 3.63) is 94.2 Å². The second-order valence-electron chi connectivity index (χ2n) is 6.49. The number of hydrogen-bond acceptors (Lipinski definition) is 4. The summed E-state index contributed by atoms with van der Waals surface area (Å²) in [7, 11) is 0. The number of nitrogens with one attached hydrogen (secondary N) is 2. The summed E-state index contributed by atoms with van der Waals surface area (Å²) >= 11 is 3.34. The van der Waals surface area contributed by atoms with Crippen molar-refractivity contribution in [3.8, 4) is 11.8 Å². The molecular weight excluding hydrogens is 477 g/mol. The summed E-state index contributed by atoms with van der Waals surface area (Å²) in [5.41, 5.74) is 0.862. The van der Waals surface area contributed by atoms with Gasteiger partial charge in [-0.25, -0.2) is 4.39 Å². The molecule has 160 valence electrons. The number of carbonyl (C=O) groups is 2. The van der Waals surface area contributed by atoms with Gasteiger partial charge in [0.2, 0.25) is 0 Å². The number of halogens is 2. The number of amides is 2. The SMILES string of the molecule is N#CC(=Cc1cc(Br)ccc1OCC(=O)Nc1ccccc1F)C(=O)Nc1ccccc1. The molecule has 3 rings (SSSR count). The lowest BCUT2D eigenvalue weighted by atomic mass is 10.1. The molecule has 0 aliphatic carbocycles. The van der Waals surface area contributed by atoms with E-state index < -0.39 is 24.2 Å². The summed E-state index contributed by atoms with van der Waals surface area (Å²) in [6.45, 7) is -0.394. The minimum Gasteiger partial charge on any atom is -0.483 e. The Balaban J connectivity index is 1.75. The fourth-order valence-corrected chi connectivity index (χ4v) is 3.06. The van der Waals surface area contributed by atoms with Crippen molar-refractivity contribution in [2.24, 2.45) is 0 Å². The molecule has 0 spiro atoms. The molecule has 0 heterocycles. The molecule has 0 saturated carbocycles. The van der Waals surface area contributed by atoms with Crippen molar-refractivity contribution in [1.82, 2.24) is 0 Å². The van der Waals surface area contributed by atoms with Gasteiger partial charge in [-0.05, 0) is 48.5 Å². The van der Waals surface area contributed by atoms with Gasteiger partial charge in [-0.2, -0.15) is 5.26 Å². The summed E-state index contributed by atoms with van der Waals surface area (Å²) < 4.78 is 20.0. The van der Waals surface area contributed by atoms with E-state index in [0.717, 1.165) is 0 Å². The highest BCUT2D eigenvalue weighted by Crippen LogP contribution is 2.26. The Morgan fingerprint density at radius 1 is 1.03 bits per heavy atom. The van der Waals surface area contributed by atoms with Crippen LogP contribution in [0.5, 0.6) is 5.75 Å². The van der Waals surface area contributed by atoms with Crippen molar-refractivity contribution >= 4 is 45.2 Å². The van der Waals surface area contributed by atoms with Crippen LogP contribution < -0.4 is 15.4 Å². The largest absolute Gasteiger partial charge is 0.483 e. The predicted octanol–water partition coefficient (Wildman–Crippen LogP) is 5.15. The molecule has 0 aromatic heterocycles. The smallest absolute Gasteiger partial charge is 0.266 e. The molecule has 0 fully saturated rings. The standard InChI is InChI=1S/C24H17BrFN3O3/c25-18-10-11-22(32-15-23(30)29-21-9-5-4-8-20(21)26)16(13-18)12-17(14-27)24(31)28-19-6-2-1-3-7-19/h1-13H,15H2,(H,28,31)(H,29,30). The lowest BCUT2D eigenvalue weighted by molar-refractivity contribution is -0.118. The first kappa shape index (κ1) is 22.7. The van der Waals surface area contributed by atoms with Gasteiger partial charge in [0, 0.05) is 15.7 Å². The van der Waals surface area contributed by atoms with Crippen LogP contribution in [0.15, 0.2) is 82.8 Å². The average Bonchev–Trinajstić information content (AvgIpc) is 2.79. The Morgan fingerprint density at radius 3 is 2.47 bits per heavy atom. The third kappa shape index (κ3) is 6.27. The predicted molar refractivity (Wildman–Crippen MR) is 123 cm³/mol. The lowest BCUT2D eigenvalue weighted by Crippen LogP contribution is -2.21. The third-order valence-corrected chi connectivity index (χ3v) is 4.67. The van der Waals surface area contributed by atoms with Gasteiger partial charge in [-0.1, -0.05) is 46.3 Å². The molecule has 0 atom stereocenters. The number of rotatable bonds is 7. The minimum absolute atomic E-state index is 0.0429. The molecular formula is C24H17BrFN3O3. The van der Waals surface area contributed by atoms with E-state index in [9.17, 15) is 19.2 Å².